The van der Waals surface area contributed by atoms with Crippen LogP contribution in [0, 0.1) is 5.92 Å². The van der Waals surface area contributed by atoms with Gasteiger partial charge in [0.05, 0.1) is 0 Å². The second-order valence-electron chi connectivity index (χ2n) is 6.02. The lowest BCUT2D eigenvalue weighted by Crippen LogP contribution is -2.41. The first-order valence-electron chi connectivity index (χ1n) is 7.49. The highest BCUT2D eigenvalue weighted by molar-refractivity contribution is 14.0. The van der Waals surface area contributed by atoms with Crippen LogP contribution in [0.1, 0.15) is 57.8 Å². The van der Waals surface area contributed by atoms with E-state index < -0.39 is 5.92 Å². The topological polar surface area (TPSA) is 50.4 Å². The van der Waals surface area contributed by atoms with Crippen LogP contribution in [0.5, 0.6) is 0 Å². The van der Waals surface area contributed by atoms with Crippen LogP contribution in [0.2, 0.25) is 0 Å². The Morgan fingerprint density at radius 1 is 1.15 bits per heavy atom. The average Bonchev–Trinajstić information content (AvgIpc) is 2.36. The second kappa shape index (κ2) is 8.34. The van der Waals surface area contributed by atoms with Gasteiger partial charge in [-0.2, -0.15) is 0 Å². The summed E-state index contributed by atoms with van der Waals surface area (Å²) in [5.74, 6) is -2.08. The number of hydrogen-bond acceptors (Lipinski definition) is 1. The lowest BCUT2D eigenvalue weighted by molar-refractivity contribution is -0.0508. The fourth-order valence-electron chi connectivity index (χ4n) is 3.16. The van der Waals surface area contributed by atoms with Crippen molar-refractivity contribution >= 4 is 29.9 Å². The minimum atomic E-state index is -2.50. The normalized spacial score (nSPS) is 27.7. The highest BCUT2D eigenvalue weighted by Gasteiger charge is 2.35. The van der Waals surface area contributed by atoms with Crippen molar-refractivity contribution in [1.82, 2.24) is 5.32 Å². The predicted molar refractivity (Wildman–Crippen MR) is 88.8 cm³/mol. The predicted octanol–water partition coefficient (Wildman–Crippen LogP) is 3.67. The van der Waals surface area contributed by atoms with Crippen LogP contribution in [0.3, 0.4) is 0 Å². The van der Waals surface area contributed by atoms with Gasteiger partial charge in [-0.15, -0.1) is 24.0 Å². The SMILES string of the molecule is I.NC(=NCC1CCCC(F)(F)C1)NC1CCCCC1. The molecule has 2 aliphatic carbocycles. The van der Waals surface area contributed by atoms with Gasteiger partial charge in [0.2, 0.25) is 5.92 Å². The first-order valence-corrected chi connectivity index (χ1v) is 7.49. The lowest BCUT2D eigenvalue weighted by atomic mass is 9.86. The lowest BCUT2D eigenvalue weighted by Gasteiger charge is -2.28. The molecule has 0 aromatic heterocycles. The van der Waals surface area contributed by atoms with Gasteiger partial charge < -0.3 is 11.1 Å². The quantitative estimate of drug-likeness (QED) is 0.431. The van der Waals surface area contributed by atoms with Gasteiger partial charge in [0.15, 0.2) is 5.96 Å². The van der Waals surface area contributed by atoms with E-state index >= 15 is 0 Å². The molecular weight excluding hydrogens is 375 g/mol. The number of alkyl halides is 2. The molecule has 6 heteroatoms. The standard InChI is InChI=1S/C14H25F2N3.HI/c15-14(16)8-4-5-11(9-14)10-18-13(17)19-12-6-2-1-3-7-12;/h11-12H,1-10H2,(H3,17,18,19);1H. The molecule has 0 saturated heterocycles. The zero-order valence-electron chi connectivity index (χ0n) is 11.9. The number of nitrogens with one attached hydrogen (secondary N) is 1. The molecule has 0 heterocycles. The van der Waals surface area contributed by atoms with Crippen LogP contribution in [-0.2, 0) is 0 Å². The second-order valence-corrected chi connectivity index (χ2v) is 6.02. The Morgan fingerprint density at radius 2 is 1.85 bits per heavy atom. The molecule has 118 valence electrons. The summed E-state index contributed by atoms with van der Waals surface area (Å²) in [5, 5.41) is 3.22. The van der Waals surface area contributed by atoms with E-state index in [9.17, 15) is 8.78 Å². The Kier molecular flexibility index (Phi) is 7.47. The summed E-state index contributed by atoms with van der Waals surface area (Å²) in [7, 11) is 0. The van der Waals surface area contributed by atoms with Gasteiger partial charge in [-0.3, -0.25) is 4.99 Å². The number of rotatable bonds is 3. The molecule has 1 unspecified atom stereocenters. The summed E-state index contributed by atoms with van der Waals surface area (Å²) >= 11 is 0. The maximum Gasteiger partial charge on any atom is 0.248 e. The maximum atomic E-state index is 13.3. The Morgan fingerprint density at radius 3 is 2.50 bits per heavy atom. The fraction of sp³-hybridized carbons (Fsp3) is 0.929. The zero-order chi connectivity index (χ0) is 13.7. The van der Waals surface area contributed by atoms with E-state index in [1.54, 1.807) is 0 Å². The number of aliphatic imine (C=N–C) groups is 1. The molecule has 2 rings (SSSR count). The van der Waals surface area contributed by atoms with Crippen LogP contribution in [0.15, 0.2) is 4.99 Å². The molecule has 0 amide bonds. The van der Waals surface area contributed by atoms with E-state index in [0.29, 0.717) is 25.0 Å². The third-order valence-electron chi connectivity index (χ3n) is 4.22. The number of nitrogens with zero attached hydrogens (tertiary/aromatic N) is 1. The Balaban J connectivity index is 0.00000200. The number of hydrogen-bond donors (Lipinski definition) is 2. The fourth-order valence-corrected chi connectivity index (χ4v) is 3.16. The highest BCUT2D eigenvalue weighted by Crippen LogP contribution is 2.36. The van der Waals surface area contributed by atoms with Gasteiger partial charge in [-0.25, -0.2) is 8.78 Å². The molecule has 3 N–H and O–H groups in total. The summed E-state index contributed by atoms with van der Waals surface area (Å²) < 4.78 is 26.5. The minimum absolute atomic E-state index is 0. The molecule has 2 aliphatic rings. The van der Waals surface area contributed by atoms with Gasteiger partial charge in [0, 0.05) is 25.4 Å². The largest absolute Gasteiger partial charge is 0.370 e. The van der Waals surface area contributed by atoms with Gasteiger partial charge in [-0.1, -0.05) is 19.3 Å². The van der Waals surface area contributed by atoms with E-state index in [-0.39, 0.29) is 42.7 Å². The Bertz CT molecular complexity index is 318. The van der Waals surface area contributed by atoms with Gasteiger partial charge in [-0.05, 0) is 31.6 Å². The molecule has 1 atom stereocenters. The summed E-state index contributed by atoms with van der Waals surface area (Å²) in [6.45, 7) is 0.432. The molecule has 0 aromatic rings. The van der Waals surface area contributed by atoms with Gasteiger partial charge in [0.25, 0.3) is 0 Å². The molecule has 0 radical (unpaired) electrons. The third-order valence-corrected chi connectivity index (χ3v) is 4.22. The number of halogens is 3. The van der Waals surface area contributed by atoms with Crippen molar-refractivity contribution in [2.24, 2.45) is 16.6 Å². The Hall–Kier alpha value is -0.140. The summed E-state index contributed by atoms with van der Waals surface area (Å²) in [5.41, 5.74) is 5.84. The van der Waals surface area contributed by atoms with Crippen LogP contribution < -0.4 is 11.1 Å². The summed E-state index contributed by atoms with van der Waals surface area (Å²) in [6.07, 6.45) is 7.48. The molecule has 0 bridgehead atoms. The smallest absolute Gasteiger partial charge is 0.248 e. The molecule has 0 spiro atoms. The van der Waals surface area contributed by atoms with Crippen LogP contribution in [-0.4, -0.2) is 24.5 Å². The Labute approximate surface area is 137 Å². The molecule has 20 heavy (non-hydrogen) atoms. The molecule has 3 nitrogen and oxygen atoms in total. The van der Waals surface area contributed by atoms with E-state index in [4.69, 9.17) is 5.73 Å². The van der Waals surface area contributed by atoms with Crippen LogP contribution >= 0.6 is 24.0 Å². The van der Waals surface area contributed by atoms with Crippen LogP contribution in [0.4, 0.5) is 8.78 Å². The molecular formula is C14H26F2IN3. The maximum absolute atomic E-state index is 13.3. The van der Waals surface area contributed by atoms with Crippen molar-refractivity contribution in [2.75, 3.05) is 6.54 Å². The first kappa shape index (κ1) is 17.9. The van der Waals surface area contributed by atoms with E-state index in [1.165, 1.54) is 19.3 Å². The van der Waals surface area contributed by atoms with E-state index in [0.717, 1.165) is 19.3 Å². The minimum Gasteiger partial charge on any atom is -0.370 e. The molecule has 2 saturated carbocycles. The third kappa shape index (κ3) is 6.10. The average molecular weight is 401 g/mol. The highest BCUT2D eigenvalue weighted by atomic mass is 127. The van der Waals surface area contributed by atoms with Gasteiger partial charge >= 0.3 is 0 Å². The van der Waals surface area contributed by atoms with Crippen molar-refractivity contribution in [3.05, 3.63) is 0 Å². The summed E-state index contributed by atoms with van der Waals surface area (Å²) in [6, 6.07) is 0.422. The van der Waals surface area contributed by atoms with Crippen molar-refractivity contribution in [3.8, 4) is 0 Å². The van der Waals surface area contributed by atoms with Crippen molar-refractivity contribution < 1.29 is 8.78 Å². The first-order chi connectivity index (χ1) is 9.05. The van der Waals surface area contributed by atoms with E-state index in [1.807, 2.05) is 0 Å². The van der Waals surface area contributed by atoms with Crippen molar-refractivity contribution in [2.45, 2.75) is 69.8 Å². The number of guanidine groups is 1. The number of nitrogens with two attached hydrogens (primary N) is 1. The monoisotopic (exact) mass is 401 g/mol. The molecule has 2 fully saturated rings. The van der Waals surface area contributed by atoms with Crippen LogP contribution in [0.25, 0.3) is 0 Å². The molecule has 0 aromatic carbocycles. The zero-order valence-corrected chi connectivity index (χ0v) is 14.2. The van der Waals surface area contributed by atoms with Crippen molar-refractivity contribution in [1.29, 1.82) is 0 Å². The van der Waals surface area contributed by atoms with Gasteiger partial charge in [0.1, 0.15) is 0 Å². The molecule has 0 aliphatic heterocycles. The van der Waals surface area contributed by atoms with E-state index in [2.05, 4.69) is 10.3 Å². The summed E-state index contributed by atoms with van der Waals surface area (Å²) in [4.78, 5) is 4.26. The van der Waals surface area contributed by atoms with Crippen molar-refractivity contribution in [3.63, 3.8) is 0 Å².